The third-order valence-electron chi connectivity index (χ3n) is 4.82. The number of ether oxygens (including phenoxy) is 1. The van der Waals surface area contributed by atoms with Crippen LogP contribution in [-0.4, -0.2) is 87.5 Å². The minimum Gasteiger partial charge on any atom is -0.378 e. The molecule has 144 valence electrons. The Bertz CT molecular complexity index is 757. The maximum atomic E-state index is 13.5. The highest BCUT2D eigenvalue weighted by Crippen LogP contribution is 2.22. The first-order valence-corrected chi connectivity index (χ1v) is 10.2. The van der Waals surface area contributed by atoms with Crippen molar-refractivity contribution in [3.05, 3.63) is 29.6 Å². The van der Waals surface area contributed by atoms with Crippen LogP contribution < -0.4 is 0 Å². The van der Waals surface area contributed by atoms with Gasteiger partial charge in [-0.2, -0.15) is 4.31 Å². The van der Waals surface area contributed by atoms with Crippen molar-refractivity contribution in [1.29, 1.82) is 0 Å². The van der Waals surface area contributed by atoms with Crippen molar-refractivity contribution in [2.75, 3.05) is 59.0 Å². The van der Waals surface area contributed by atoms with Crippen LogP contribution in [0.4, 0.5) is 4.39 Å². The zero-order chi connectivity index (χ0) is 18.7. The maximum Gasteiger partial charge on any atom is 0.243 e. The second-order valence-electron chi connectivity index (χ2n) is 6.58. The highest BCUT2D eigenvalue weighted by Gasteiger charge is 2.31. The topological polar surface area (TPSA) is 70.2 Å². The van der Waals surface area contributed by atoms with Gasteiger partial charge < -0.3 is 9.64 Å². The van der Waals surface area contributed by atoms with Crippen molar-refractivity contribution in [2.24, 2.45) is 0 Å². The second-order valence-corrected chi connectivity index (χ2v) is 8.49. The van der Waals surface area contributed by atoms with Crippen molar-refractivity contribution >= 4 is 15.9 Å². The molecule has 0 N–H and O–H groups in total. The van der Waals surface area contributed by atoms with Crippen molar-refractivity contribution in [3.8, 4) is 0 Å². The van der Waals surface area contributed by atoms with Gasteiger partial charge in [-0.1, -0.05) is 6.07 Å². The standard InChI is InChI=1S/C17H24FN3O4S/c1-14-2-3-15(18)12-16(14)26(23,24)21-6-4-19(5-7-21)13-17(22)20-8-10-25-11-9-20/h2-3,12H,4-11,13H2,1H3. The molecule has 26 heavy (non-hydrogen) atoms. The Labute approximate surface area is 153 Å². The molecule has 2 aliphatic heterocycles. The van der Waals surface area contributed by atoms with E-state index >= 15 is 0 Å². The third kappa shape index (κ3) is 4.22. The van der Waals surface area contributed by atoms with E-state index in [4.69, 9.17) is 4.74 Å². The number of hydrogen-bond donors (Lipinski definition) is 0. The Balaban J connectivity index is 1.59. The predicted octanol–water partition coefficient (Wildman–Crippen LogP) is 0.299. The number of amides is 1. The number of sulfonamides is 1. The van der Waals surface area contributed by atoms with E-state index in [1.165, 1.54) is 16.4 Å². The van der Waals surface area contributed by atoms with Crippen molar-refractivity contribution in [1.82, 2.24) is 14.1 Å². The zero-order valence-corrected chi connectivity index (χ0v) is 15.7. The summed E-state index contributed by atoms with van der Waals surface area (Å²) in [5.74, 6) is -0.519. The number of piperazine rings is 1. The average molecular weight is 385 g/mol. The van der Waals surface area contributed by atoms with Crippen LogP contribution in [0.3, 0.4) is 0 Å². The van der Waals surface area contributed by atoms with E-state index in [1.807, 2.05) is 4.90 Å². The number of carbonyl (C=O) groups is 1. The van der Waals surface area contributed by atoms with E-state index in [9.17, 15) is 17.6 Å². The van der Waals surface area contributed by atoms with Crippen molar-refractivity contribution in [3.63, 3.8) is 0 Å². The summed E-state index contributed by atoms with van der Waals surface area (Å²) < 4.78 is 45.7. The van der Waals surface area contributed by atoms with Crippen LogP contribution in [0.2, 0.25) is 0 Å². The van der Waals surface area contributed by atoms with Crippen molar-refractivity contribution < 1.29 is 22.3 Å². The lowest BCUT2D eigenvalue weighted by molar-refractivity contribution is -0.136. The fourth-order valence-corrected chi connectivity index (χ4v) is 4.88. The van der Waals surface area contributed by atoms with Crippen LogP contribution in [0.5, 0.6) is 0 Å². The summed E-state index contributed by atoms with van der Waals surface area (Å²) in [4.78, 5) is 16.1. The normalized spacial score (nSPS) is 20.3. The number of halogens is 1. The molecule has 0 spiro atoms. The number of aryl methyl sites for hydroxylation is 1. The molecule has 2 saturated heterocycles. The summed E-state index contributed by atoms with van der Waals surface area (Å²) in [6.45, 7) is 5.79. The third-order valence-corrected chi connectivity index (χ3v) is 6.86. The number of nitrogens with zero attached hydrogens (tertiary/aromatic N) is 3. The van der Waals surface area contributed by atoms with Crippen LogP contribution in [0.15, 0.2) is 23.1 Å². The molecule has 0 radical (unpaired) electrons. The highest BCUT2D eigenvalue weighted by molar-refractivity contribution is 7.89. The van der Waals surface area contributed by atoms with Gasteiger partial charge in [-0.15, -0.1) is 0 Å². The summed E-state index contributed by atoms with van der Waals surface area (Å²) in [6.07, 6.45) is 0. The molecule has 0 atom stereocenters. The van der Waals surface area contributed by atoms with Crippen LogP contribution in [0, 0.1) is 12.7 Å². The summed E-state index contributed by atoms with van der Waals surface area (Å²) in [6, 6.07) is 3.79. The summed E-state index contributed by atoms with van der Waals surface area (Å²) in [5, 5.41) is 0. The van der Waals surface area contributed by atoms with Crippen LogP contribution in [-0.2, 0) is 19.6 Å². The Morgan fingerprint density at radius 1 is 1.12 bits per heavy atom. The molecule has 1 aromatic rings. The van der Waals surface area contributed by atoms with E-state index in [1.54, 1.807) is 11.8 Å². The van der Waals surface area contributed by atoms with E-state index in [-0.39, 0.29) is 30.4 Å². The zero-order valence-electron chi connectivity index (χ0n) is 14.9. The van der Waals surface area contributed by atoms with Gasteiger partial charge in [-0.3, -0.25) is 9.69 Å². The molecular weight excluding hydrogens is 361 g/mol. The van der Waals surface area contributed by atoms with Crippen LogP contribution in [0.1, 0.15) is 5.56 Å². The first-order valence-electron chi connectivity index (χ1n) is 8.72. The number of hydrogen-bond acceptors (Lipinski definition) is 5. The molecule has 0 bridgehead atoms. The first-order chi connectivity index (χ1) is 12.4. The molecule has 3 rings (SSSR count). The molecule has 0 unspecified atom stereocenters. The Morgan fingerprint density at radius 2 is 1.77 bits per heavy atom. The molecular formula is C17H24FN3O4S. The fourth-order valence-electron chi connectivity index (χ4n) is 3.22. The van der Waals surface area contributed by atoms with Gasteiger partial charge in [0.2, 0.25) is 15.9 Å². The monoisotopic (exact) mass is 385 g/mol. The fraction of sp³-hybridized carbons (Fsp3) is 0.588. The van der Waals surface area contributed by atoms with E-state index < -0.39 is 15.8 Å². The summed E-state index contributed by atoms with van der Waals surface area (Å²) in [7, 11) is -3.73. The number of carbonyl (C=O) groups excluding carboxylic acids is 1. The minimum absolute atomic E-state index is 0.00958. The molecule has 2 heterocycles. The molecule has 7 nitrogen and oxygen atoms in total. The lowest BCUT2D eigenvalue weighted by Crippen LogP contribution is -2.52. The lowest BCUT2D eigenvalue weighted by Gasteiger charge is -2.35. The van der Waals surface area contributed by atoms with Crippen LogP contribution >= 0.6 is 0 Å². The Hall–Kier alpha value is -1.55. The Kier molecular flexibility index (Phi) is 5.91. The minimum atomic E-state index is -3.73. The number of rotatable bonds is 4. The predicted molar refractivity (Wildman–Crippen MR) is 93.7 cm³/mol. The maximum absolute atomic E-state index is 13.5. The van der Waals surface area contributed by atoms with Gasteiger partial charge >= 0.3 is 0 Å². The molecule has 2 aliphatic rings. The average Bonchev–Trinajstić information content (AvgIpc) is 2.65. The van der Waals surface area contributed by atoms with E-state index in [0.29, 0.717) is 45.0 Å². The van der Waals surface area contributed by atoms with Gasteiger partial charge in [0.05, 0.1) is 24.7 Å². The second kappa shape index (κ2) is 7.99. The number of benzene rings is 1. The van der Waals surface area contributed by atoms with Gasteiger partial charge in [0.15, 0.2) is 0 Å². The largest absolute Gasteiger partial charge is 0.378 e. The summed E-state index contributed by atoms with van der Waals surface area (Å²) >= 11 is 0. The first kappa shape index (κ1) is 19.2. The van der Waals surface area contributed by atoms with E-state index in [0.717, 1.165) is 6.07 Å². The number of morpholine rings is 1. The molecule has 0 aliphatic carbocycles. The quantitative estimate of drug-likeness (QED) is 0.746. The van der Waals surface area contributed by atoms with Gasteiger partial charge in [0.1, 0.15) is 5.82 Å². The Morgan fingerprint density at radius 3 is 2.42 bits per heavy atom. The van der Waals surface area contributed by atoms with Crippen LogP contribution in [0.25, 0.3) is 0 Å². The SMILES string of the molecule is Cc1ccc(F)cc1S(=O)(=O)N1CCN(CC(=O)N2CCOCC2)CC1. The van der Waals surface area contributed by atoms with E-state index in [2.05, 4.69) is 0 Å². The molecule has 1 amide bonds. The summed E-state index contributed by atoms with van der Waals surface area (Å²) in [5.41, 5.74) is 0.524. The van der Waals surface area contributed by atoms with Gasteiger partial charge in [-0.05, 0) is 24.6 Å². The smallest absolute Gasteiger partial charge is 0.243 e. The van der Waals surface area contributed by atoms with Crippen molar-refractivity contribution in [2.45, 2.75) is 11.8 Å². The molecule has 2 fully saturated rings. The van der Waals surface area contributed by atoms with Gasteiger partial charge in [0.25, 0.3) is 0 Å². The molecule has 1 aromatic carbocycles. The molecule has 0 aromatic heterocycles. The lowest BCUT2D eigenvalue weighted by atomic mass is 10.2. The molecule has 9 heteroatoms. The van der Waals surface area contributed by atoms with Gasteiger partial charge in [-0.25, -0.2) is 12.8 Å². The highest BCUT2D eigenvalue weighted by atomic mass is 32.2. The van der Waals surface area contributed by atoms with Gasteiger partial charge in [0, 0.05) is 39.3 Å². The molecule has 0 saturated carbocycles.